The zero-order valence-electron chi connectivity index (χ0n) is 9.79. The lowest BCUT2D eigenvalue weighted by Crippen LogP contribution is -2.21. The van der Waals surface area contributed by atoms with Crippen LogP contribution in [-0.4, -0.2) is 20.2 Å². The summed E-state index contributed by atoms with van der Waals surface area (Å²) in [6, 6.07) is 6.50. The second-order valence-corrected chi connectivity index (χ2v) is 5.26. The molecule has 0 saturated carbocycles. The third kappa shape index (κ3) is 2.47. The van der Waals surface area contributed by atoms with Crippen molar-refractivity contribution in [2.24, 2.45) is 5.92 Å². The molecule has 1 heterocycles. The second-order valence-electron chi connectivity index (χ2n) is 4.41. The third-order valence-electron chi connectivity index (χ3n) is 3.19. The Bertz CT molecular complexity index is 367. The Balaban J connectivity index is 2.19. The van der Waals surface area contributed by atoms with Gasteiger partial charge in [0, 0.05) is 23.5 Å². The predicted molar refractivity (Wildman–Crippen MR) is 69.6 cm³/mol. The molecule has 0 bridgehead atoms. The van der Waals surface area contributed by atoms with E-state index in [0.717, 1.165) is 19.6 Å². The number of nitrogens with one attached hydrogen (secondary N) is 1. The highest BCUT2D eigenvalue weighted by molar-refractivity contribution is 9.10. The number of ether oxygens (including phenoxy) is 1. The summed E-state index contributed by atoms with van der Waals surface area (Å²) in [5.74, 6) is 0.602. The van der Waals surface area contributed by atoms with Crippen LogP contribution < -0.4 is 5.32 Å². The molecule has 0 aliphatic carbocycles. The molecule has 1 aliphatic rings. The van der Waals surface area contributed by atoms with Crippen molar-refractivity contribution in [3.63, 3.8) is 0 Å². The van der Waals surface area contributed by atoms with E-state index >= 15 is 0 Å². The van der Waals surface area contributed by atoms with Gasteiger partial charge < -0.3 is 10.1 Å². The van der Waals surface area contributed by atoms with Crippen LogP contribution >= 0.6 is 15.9 Å². The summed E-state index contributed by atoms with van der Waals surface area (Å²) in [6.45, 7) is 4.03. The van der Waals surface area contributed by atoms with Gasteiger partial charge in [-0.3, -0.25) is 0 Å². The quantitative estimate of drug-likeness (QED) is 0.921. The SMILES string of the molecule is CNCC1CCOC1c1ccc(Br)c(C)c1. The third-order valence-corrected chi connectivity index (χ3v) is 4.08. The Labute approximate surface area is 106 Å². The normalized spacial score (nSPS) is 24.9. The second kappa shape index (κ2) is 5.30. The van der Waals surface area contributed by atoms with Crippen molar-refractivity contribution >= 4 is 15.9 Å². The van der Waals surface area contributed by atoms with Crippen molar-refractivity contribution in [3.05, 3.63) is 33.8 Å². The Morgan fingerprint density at radius 2 is 2.31 bits per heavy atom. The molecule has 2 nitrogen and oxygen atoms in total. The van der Waals surface area contributed by atoms with E-state index in [1.165, 1.54) is 15.6 Å². The summed E-state index contributed by atoms with van der Waals surface area (Å²) in [4.78, 5) is 0. The number of hydrogen-bond donors (Lipinski definition) is 1. The average molecular weight is 284 g/mol. The van der Waals surface area contributed by atoms with Gasteiger partial charge in [-0.2, -0.15) is 0 Å². The standard InChI is InChI=1S/C13H18BrNO/c1-9-7-10(3-4-12(9)14)13-11(8-15-2)5-6-16-13/h3-4,7,11,13,15H,5-6,8H2,1-2H3. The minimum absolute atomic E-state index is 0.263. The summed E-state index contributed by atoms with van der Waals surface area (Å²) >= 11 is 3.53. The zero-order valence-corrected chi connectivity index (χ0v) is 11.4. The topological polar surface area (TPSA) is 21.3 Å². The van der Waals surface area contributed by atoms with Gasteiger partial charge in [-0.25, -0.2) is 0 Å². The Hall–Kier alpha value is -0.380. The largest absolute Gasteiger partial charge is 0.373 e. The summed E-state index contributed by atoms with van der Waals surface area (Å²) < 4.78 is 7.01. The van der Waals surface area contributed by atoms with Gasteiger partial charge in [-0.05, 0) is 37.6 Å². The van der Waals surface area contributed by atoms with E-state index in [1.54, 1.807) is 0 Å². The van der Waals surface area contributed by atoms with E-state index in [9.17, 15) is 0 Å². The fraction of sp³-hybridized carbons (Fsp3) is 0.538. The summed E-state index contributed by atoms with van der Waals surface area (Å²) in [7, 11) is 2.00. The Morgan fingerprint density at radius 1 is 1.50 bits per heavy atom. The fourth-order valence-corrected chi connectivity index (χ4v) is 2.57. The average Bonchev–Trinajstić information content (AvgIpc) is 2.71. The van der Waals surface area contributed by atoms with Crippen LogP contribution in [0.5, 0.6) is 0 Å². The van der Waals surface area contributed by atoms with Crippen molar-refractivity contribution in [2.45, 2.75) is 19.4 Å². The van der Waals surface area contributed by atoms with Gasteiger partial charge >= 0.3 is 0 Å². The number of rotatable bonds is 3. The van der Waals surface area contributed by atoms with E-state index in [0.29, 0.717) is 5.92 Å². The lowest BCUT2D eigenvalue weighted by molar-refractivity contribution is 0.0909. The predicted octanol–water partition coefficient (Wildman–Crippen LogP) is 3.05. The molecule has 2 unspecified atom stereocenters. The van der Waals surface area contributed by atoms with Crippen molar-refractivity contribution in [3.8, 4) is 0 Å². The molecule has 1 aromatic carbocycles. The molecule has 1 aliphatic heterocycles. The van der Waals surface area contributed by atoms with Crippen LogP contribution in [-0.2, 0) is 4.74 Å². The van der Waals surface area contributed by atoms with Crippen molar-refractivity contribution in [2.75, 3.05) is 20.2 Å². The van der Waals surface area contributed by atoms with E-state index in [4.69, 9.17) is 4.74 Å². The van der Waals surface area contributed by atoms with Gasteiger partial charge in [0.1, 0.15) is 0 Å². The maximum Gasteiger partial charge on any atom is 0.0866 e. The lowest BCUT2D eigenvalue weighted by Gasteiger charge is -2.19. The van der Waals surface area contributed by atoms with Gasteiger partial charge in [0.15, 0.2) is 0 Å². The molecule has 0 aromatic heterocycles. The Morgan fingerprint density at radius 3 is 3.00 bits per heavy atom. The van der Waals surface area contributed by atoms with Crippen LogP contribution in [0.4, 0.5) is 0 Å². The summed E-state index contributed by atoms with van der Waals surface area (Å²) in [5, 5.41) is 3.25. The molecule has 88 valence electrons. The number of benzene rings is 1. The molecule has 3 heteroatoms. The first kappa shape index (κ1) is 12.1. The maximum atomic E-state index is 5.84. The van der Waals surface area contributed by atoms with Gasteiger partial charge in [0.05, 0.1) is 6.10 Å². The van der Waals surface area contributed by atoms with Crippen LogP contribution in [0.3, 0.4) is 0 Å². The summed E-state index contributed by atoms with van der Waals surface area (Å²) in [6.07, 6.45) is 1.42. The van der Waals surface area contributed by atoms with E-state index in [2.05, 4.69) is 46.4 Å². The molecule has 1 N–H and O–H groups in total. The van der Waals surface area contributed by atoms with Gasteiger partial charge in [0.2, 0.25) is 0 Å². The molecule has 2 atom stereocenters. The highest BCUT2D eigenvalue weighted by Gasteiger charge is 2.29. The van der Waals surface area contributed by atoms with Gasteiger partial charge in [0.25, 0.3) is 0 Å². The Kier molecular flexibility index (Phi) is 4.00. The molecule has 16 heavy (non-hydrogen) atoms. The smallest absolute Gasteiger partial charge is 0.0866 e. The fourth-order valence-electron chi connectivity index (χ4n) is 2.32. The number of halogens is 1. The van der Waals surface area contributed by atoms with Crippen LogP contribution in [0.1, 0.15) is 23.7 Å². The van der Waals surface area contributed by atoms with E-state index in [1.807, 2.05) is 7.05 Å². The molecule has 1 fully saturated rings. The minimum Gasteiger partial charge on any atom is -0.373 e. The number of hydrogen-bond acceptors (Lipinski definition) is 2. The van der Waals surface area contributed by atoms with E-state index in [-0.39, 0.29) is 6.10 Å². The van der Waals surface area contributed by atoms with Crippen molar-refractivity contribution < 1.29 is 4.74 Å². The highest BCUT2D eigenvalue weighted by Crippen LogP contribution is 2.35. The molecule has 0 radical (unpaired) electrons. The van der Waals surface area contributed by atoms with Crippen LogP contribution in [0, 0.1) is 12.8 Å². The zero-order chi connectivity index (χ0) is 11.5. The van der Waals surface area contributed by atoms with E-state index < -0.39 is 0 Å². The molecule has 1 saturated heterocycles. The number of aryl methyl sites for hydroxylation is 1. The van der Waals surface area contributed by atoms with Crippen LogP contribution in [0.25, 0.3) is 0 Å². The molecule has 0 spiro atoms. The summed E-state index contributed by atoms with van der Waals surface area (Å²) in [5.41, 5.74) is 2.58. The first-order chi connectivity index (χ1) is 7.72. The van der Waals surface area contributed by atoms with Gasteiger partial charge in [-0.1, -0.05) is 28.1 Å². The maximum absolute atomic E-state index is 5.84. The highest BCUT2D eigenvalue weighted by atomic mass is 79.9. The lowest BCUT2D eigenvalue weighted by atomic mass is 9.94. The van der Waals surface area contributed by atoms with Crippen molar-refractivity contribution in [1.29, 1.82) is 0 Å². The van der Waals surface area contributed by atoms with Crippen molar-refractivity contribution in [1.82, 2.24) is 5.32 Å². The molecule has 0 amide bonds. The molecular weight excluding hydrogens is 266 g/mol. The first-order valence-corrected chi connectivity index (χ1v) is 6.54. The molecule has 2 rings (SSSR count). The minimum atomic E-state index is 0.263. The van der Waals surface area contributed by atoms with Gasteiger partial charge in [-0.15, -0.1) is 0 Å². The van der Waals surface area contributed by atoms with Crippen LogP contribution in [0.2, 0.25) is 0 Å². The molecule has 1 aromatic rings. The monoisotopic (exact) mass is 283 g/mol. The van der Waals surface area contributed by atoms with Crippen LogP contribution in [0.15, 0.2) is 22.7 Å². The first-order valence-electron chi connectivity index (χ1n) is 5.74. The molecular formula is C13H18BrNO.